The second kappa shape index (κ2) is 15.6. The molecule has 2 saturated carbocycles. The van der Waals surface area contributed by atoms with Crippen molar-refractivity contribution < 1.29 is 29.4 Å². The zero-order chi connectivity index (χ0) is 28.8. The summed E-state index contributed by atoms with van der Waals surface area (Å²) in [5.74, 6) is -2.06. The lowest BCUT2D eigenvalue weighted by molar-refractivity contribution is -0.355. The smallest absolute Gasteiger partial charge is 0.235 e. The molecule has 0 amide bonds. The first kappa shape index (κ1) is 31.4. The number of aliphatic carboxylic acids is 2. The maximum Gasteiger partial charge on any atom is 0.235 e. The third-order valence-electron chi connectivity index (χ3n) is 10.00. The highest BCUT2D eigenvalue weighted by molar-refractivity contribution is 5.86. The molecule has 0 spiro atoms. The van der Waals surface area contributed by atoms with Gasteiger partial charge in [0.25, 0.3) is 0 Å². The van der Waals surface area contributed by atoms with Crippen molar-refractivity contribution in [2.24, 2.45) is 44.5 Å². The van der Waals surface area contributed by atoms with Gasteiger partial charge in [-0.15, -0.1) is 0 Å². The van der Waals surface area contributed by atoms with Crippen molar-refractivity contribution in [2.45, 2.75) is 89.9 Å². The van der Waals surface area contributed by atoms with Crippen LogP contribution in [0.5, 0.6) is 0 Å². The van der Waals surface area contributed by atoms with E-state index in [9.17, 15) is 29.4 Å². The highest BCUT2D eigenvalue weighted by Crippen LogP contribution is 2.62. The molecule has 0 aliphatic heterocycles. The molecule has 0 saturated heterocycles. The van der Waals surface area contributed by atoms with Crippen molar-refractivity contribution in [3.05, 3.63) is 36.5 Å². The van der Waals surface area contributed by atoms with Gasteiger partial charge in [-0.25, -0.2) is 19.6 Å². The molecule has 3 aliphatic rings. The monoisotopic (exact) mass is 550 g/mol. The van der Waals surface area contributed by atoms with E-state index in [-0.39, 0.29) is 24.7 Å². The number of nitrogens with zero attached hydrogens (tertiary/aromatic N) is 2. The van der Waals surface area contributed by atoms with Gasteiger partial charge in [-0.2, -0.15) is 0 Å². The molecule has 8 nitrogen and oxygen atoms in total. The van der Waals surface area contributed by atoms with Crippen molar-refractivity contribution in [1.29, 1.82) is 0 Å². The first-order chi connectivity index (χ1) is 19.4. The van der Waals surface area contributed by atoms with Gasteiger partial charge in [-0.3, -0.25) is 0 Å². The summed E-state index contributed by atoms with van der Waals surface area (Å²) >= 11 is 0. The molecule has 2 unspecified atom stereocenters. The number of isocyanates is 2. The predicted molar refractivity (Wildman–Crippen MR) is 147 cm³/mol. The molecule has 8 heteroatoms. The zero-order valence-corrected chi connectivity index (χ0v) is 23.4. The Morgan fingerprint density at radius 1 is 0.675 bits per heavy atom. The van der Waals surface area contributed by atoms with E-state index in [0.29, 0.717) is 50.6 Å². The summed E-state index contributed by atoms with van der Waals surface area (Å²) in [6.45, 7) is 0.667. The normalized spacial score (nSPS) is 32.4. The Morgan fingerprint density at radius 2 is 1.05 bits per heavy atom. The number of carboxylic acid groups (broad SMARTS) is 2. The van der Waals surface area contributed by atoms with Gasteiger partial charge < -0.3 is 19.8 Å². The van der Waals surface area contributed by atoms with Gasteiger partial charge in [0.05, 0.1) is 13.1 Å². The quantitative estimate of drug-likeness (QED) is 0.183. The molecule has 0 aromatic heterocycles. The Balaban J connectivity index is 1.69. The van der Waals surface area contributed by atoms with E-state index >= 15 is 0 Å². The van der Waals surface area contributed by atoms with Crippen LogP contribution in [0.25, 0.3) is 0 Å². The van der Waals surface area contributed by atoms with Crippen LogP contribution in [0.3, 0.4) is 0 Å². The lowest BCUT2D eigenvalue weighted by atomic mass is 9.44. The molecule has 0 bridgehead atoms. The van der Waals surface area contributed by atoms with E-state index in [1.807, 2.05) is 36.5 Å². The van der Waals surface area contributed by atoms with Gasteiger partial charge in [0.1, 0.15) is 0 Å². The summed E-state index contributed by atoms with van der Waals surface area (Å²) in [5, 5.41) is 26.2. The minimum atomic E-state index is -1.46. The second-order valence-corrected chi connectivity index (χ2v) is 11.8. The predicted octanol–water partition coefficient (Wildman–Crippen LogP) is 3.77. The fourth-order valence-electron chi connectivity index (χ4n) is 7.95. The molecule has 0 heterocycles. The minimum absolute atomic E-state index is 0.187. The van der Waals surface area contributed by atoms with Crippen molar-refractivity contribution in [3.63, 3.8) is 0 Å². The van der Waals surface area contributed by atoms with Gasteiger partial charge in [-0.05, 0) is 87.9 Å². The Morgan fingerprint density at radius 3 is 1.38 bits per heavy atom. The molecule has 0 aromatic rings. The van der Waals surface area contributed by atoms with E-state index in [4.69, 9.17) is 0 Å². The van der Waals surface area contributed by atoms with Crippen LogP contribution in [-0.4, -0.2) is 37.2 Å². The molecular formula is C32H42N2O6-2. The van der Waals surface area contributed by atoms with E-state index in [2.05, 4.69) is 9.98 Å². The molecular weight excluding hydrogens is 508 g/mol. The minimum Gasteiger partial charge on any atom is -0.549 e. The van der Waals surface area contributed by atoms with Crippen LogP contribution < -0.4 is 10.2 Å². The van der Waals surface area contributed by atoms with E-state index in [1.54, 1.807) is 0 Å². The lowest BCUT2D eigenvalue weighted by Crippen LogP contribution is -2.67. The molecule has 0 aromatic carbocycles. The summed E-state index contributed by atoms with van der Waals surface area (Å²) < 4.78 is 0. The van der Waals surface area contributed by atoms with Crippen LogP contribution in [0.15, 0.2) is 46.4 Å². The Labute approximate surface area is 237 Å². The van der Waals surface area contributed by atoms with E-state index in [0.717, 1.165) is 51.4 Å². The fraction of sp³-hybridized carbons (Fsp3) is 0.688. The number of carboxylic acids is 2. The molecule has 3 aliphatic carbocycles. The van der Waals surface area contributed by atoms with Crippen molar-refractivity contribution in [2.75, 3.05) is 13.1 Å². The van der Waals surface area contributed by atoms with Crippen LogP contribution >= 0.6 is 0 Å². The third-order valence-corrected chi connectivity index (χ3v) is 10.00. The summed E-state index contributed by atoms with van der Waals surface area (Å²) in [6, 6.07) is 0. The topological polar surface area (TPSA) is 139 Å². The Hall–Kier alpha value is -3.08. The Bertz CT molecular complexity index is 956. The number of rotatable bonds is 14. The number of hydrogen-bond donors (Lipinski definition) is 0. The SMILES string of the molecule is O=C=NC/C=C/CCC1CCC(C2(C(=O)[O-])CC=CCC2(C(=O)[O-])C2CCC(CC/C=C/CN=C=O)CC2)CC1. The number of aliphatic imine (C=N–C) groups is 2. The van der Waals surface area contributed by atoms with Crippen LogP contribution in [-0.2, 0) is 19.2 Å². The molecule has 0 radical (unpaired) electrons. The summed E-state index contributed by atoms with van der Waals surface area (Å²) in [4.78, 5) is 53.6. The van der Waals surface area contributed by atoms with Crippen LogP contribution in [0.2, 0.25) is 0 Å². The molecule has 2 atom stereocenters. The maximum absolute atomic E-state index is 13.1. The summed E-state index contributed by atoms with van der Waals surface area (Å²) in [6.07, 6.45) is 24.7. The van der Waals surface area contributed by atoms with Crippen LogP contribution in [0.4, 0.5) is 0 Å². The summed E-state index contributed by atoms with van der Waals surface area (Å²) in [7, 11) is 0. The first-order valence-electron chi connectivity index (χ1n) is 14.9. The van der Waals surface area contributed by atoms with Crippen LogP contribution in [0, 0.1) is 34.5 Å². The van der Waals surface area contributed by atoms with Gasteiger partial charge in [-0.1, -0.05) is 62.1 Å². The first-order valence-corrected chi connectivity index (χ1v) is 14.9. The molecule has 40 heavy (non-hydrogen) atoms. The fourth-order valence-corrected chi connectivity index (χ4v) is 7.95. The number of hydrogen-bond acceptors (Lipinski definition) is 8. The average molecular weight is 551 g/mol. The third kappa shape index (κ3) is 7.16. The highest BCUT2D eigenvalue weighted by Gasteiger charge is 2.61. The van der Waals surface area contributed by atoms with E-state index < -0.39 is 22.8 Å². The second-order valence-electron chi connectivity index (χ2n) is 11.8. The Kier molecular flexibility index (Phi) is 12.3. The number of carbonyl (C=O) groups is 2. The summed E-state index contributed by atoms with van der Waals surface area (Å²) in [5.41, 5.74) is -2.92. The van der Waals surface area contributed by atoms with Crippen molar-refractivity contribution in [3.8, 4) is 0 Å². The van der Waals surface area contributed by atoms with Gasteiger partial charge >= 0.3 is 0 Å². The number of allylic oxidation sites excluding steroid dienone is 4. The largest absolute Gasteiger partial charge is 0.549 e. The lowest BCUT2D eigenvalue weighted by Gasteiger charge is -2.62. The molecule has 3 rings (SSSR count). The highest BCUT2D eigenvalue weighted by atomic mass is 16.4. The van der Waals surface area contributed by atoms with Gasteiger partial charge in [0, 0.05) is 22.8 Å². The standard InChI is InChI=1S/C32H44N2O6/c35-23-33-21-7-1-3-9-25-11-15-27(16-12-25)31(29(37)38)19-5-6-20-32(31,30(39)40)28-17-13-26(14-18-28)10-4-2-8-22-34-24-36/h1-2,5-8,25-28H,3-4,9-22H2,(H,37,38)(H,39,40)/p-2/b7-1+,8-2+. The van der Waals surface area contributed by atoms with Gasteiger partial charge in [0.2, 0.25) is 12.2 Å². The maximum atomic E-state index is 13.1. The van der Waals surface area contributed by atoms with Crippen molar-refractivity contribution in [1.82, 2.24) is 0 Å². The molecule has 218 valence electrons. The number of carbonyl (C=O) groups excluding carboxylic acids is 4. The average Bonchev–Trinajstić information content (AvgIpc) is 2.97. The van der Waals surface area contributed by atoms with Gasteiger partial charge in [0.15, 0.2) is 0 Å². The van der Waals surface area contributed by atoms with Crippen molar-refractivity contribution >= 4 is 24.1 Å². The molecule has 2 fully saturated rings. The van der Waals surface area contributed by atoms with E-state index in [1.165, 1.54) is 12.2 Å². The van der Waals surface area contributed by atoms with Crippen LogP contribution in [0.1, 0.15) is 89.9 Å². The molecule has 0 N–H and O–H groups in total. The zero-order valence-electron chi connectivity index (χ0n) is 23.4.